The van der Waals surface area contributed by atoms with Crippen LogP contribution in [0.1, 0.15) is 45.1 Å². The highest BCUT2D eigenvalue weighted by atomic mass is 16.5. The van der Waals surface area contributed by atoms with Gasteiger partial charge in [0.15, 0.2) is 0 Å². The fraction of sp³-hybridized carbons (Fsp3) is 0.600. The Morgan fingerprint density at radius 3 is 2.71 bits per heavy atom. The minimum Gasteiger partial charge on any atom is -0.491 e. The van der Waals surface area contributed by atoms with E-state index in [1.807, 2.05) is 25.1 Å². The van der Waals surface area contributed by atoms with Crippen LogP contribution < -0.4 is 10.5 Å². The number of aryl methyl sites for hydroxylation is 1. The lowest BCUT2D eigenvalue weighted by Crippen LogP contribution is -2.12. The Balaban J connectivity index is 2.50. The number of benzene rings is 1. The number of anilines is 1. The molecule has 2 heteroatoms. The molecule has 0 heterocycles. The van der Waals surface area contributed by atoms with Crippen molar-refractivity contribution in [1.29, 1.82) is 0 Å². The molecule has 0 aliphatic carbocycles. The first-order valence-electron chi connectivity index (χ1n) is 6.66. The van der Waals surface area contributed by atoms with Gasteiger partial charge in [0, 0.05) is 0 Å². The number of para-hydroxylation sites is 1. The standard InChI is InChI=1S/C15H25NO/c1-4-6-9-13(5-2)11-17-14-10-7-8-12(3)15(14)16/h7-8,10,13H,4-6,9,11,16H2,1-3H3. The van der Waals surface area contributed by atoms with Gasteiger partial charge in [0.05, 0.1) is 12.3 Å². The summed E-state index contributed by atoms with van der Waals surface area (Å²) in [6, 6.07) is 5.96. The predicted octanol–water partition coefficient (Wildman–Crippen LogP) is 4.17. The third-order valence-electron chi connectivity index (χ3n) is 3.30. The molecule has 0 bridgehead atoms. The van der Waals surface area contributed by atoms with Crippen molar-refractivity contribution in [2.24, 2.45) is 5.92 Å². The second-order valence-electron chi connectivity index (χ2n) is 4.71. The molecule has 0 aromatic heterocycles. The molecule has 2 N–H and O–H groups in total. The third-order valence-corrected chi connectivity index (χ3v) is 3.30. The van der Waals surface area contributed by atoms with E-state index in [9.17, 15) is 0 Å². The Bertz CT molecular complexity index is 336. The zero-order chi connectivity index (χ0) is 12.7. The summed E-state index contributed by atoms with van der Waals surface area (Å²) in [5, 5.41) is 0. The maximum absolute atomic E-state index is 5.99. The molecule has 0 saturated heterocycles. The molecule has 17 heavy (non-hydrogen) atoms. The summed E-state index contributed by atoms with van der Waals surface area (Å²) in [6.07, 6.45) is 4.96. The summed E-state index contributed by atoms with van der Waals surface area (Å²) in [4.78, 5) is 0. The highest BCUT2D eigenvalue weighted by molar-refractivity contribution is 5.57. The molecular weight excluding hydrogens is 210 g/mol. The Kier molecular flexibility index (Phi) is 5.88. The van der Waals surface area contributed by atoms with Crippen molar-refractivity contribution in [2.45, 2.75) is 46.5 Å². The van der Waals surface area contributed by atoms with Gasteiger partial charge >= 0.3 is 0 Å². The van der Waals surface area contributed by atoms with Crippen molar-refractivity contribution in [2.75, 3.05) is 12.3 Å². The van der Waals surface area contributed by atoms with Crippen molar-refractivity contribution in [3.63, 3.8) is 0 Å². The lowest BCUT2D eigenvalue weighted by atomic mass is 10.0. The normalized spacial score (nSPS) is 12.4. The average molecular weight is 235 g/mol. The summed E-state index contributed by atoms with van der Waals surface area (Å²) in [5.74, 6) is 1.48. The number of rotatable bonds is 7. The van der Waals surface area contributed by atoms with Crippen LogP contribution >= 0.6 is 0 Å². The molecule has 2 nitrogen and oxygen atoms in total. The Morgan fingerprint density at radius 1 is 1.29 bits per heavy atom. The van der Waals surface area contributed by atoms with E-state index < -0.39 is 0 Å². The van der Waals surface area contributed by atoms with Crippen LogP contribution in [-0.4, -0.2) is 6.61 Å². The second-order valence-corrected chi connectivity index (χ2v) is 4.71. The molecule has 1 aromatic rings. The van der Waals surface area contributed by atoms with Gasteiger partial charge in [-0.25, -0.2) is 0 Å². The van der Waals surface area contributed by atoms with Crippen LogP contribution in [0.25, 0.3) is 0 Å². The minimum absolute atomic E-state index is 0.648. The van der Waals surface area contributed by atoms with Gasteiger partial charge in [-0.2, -0.15) is 0 Å². The van der Waals surface area contributed by atoms with E-state index in [1.54, 1.807) is 0 Å². The van der Waals surface area contributed by atoms with Gasteiger partial charge in [-0.15, -0.1) is 0 Å². The summed E-state index contributed by atoms with van der Waals surface area (Å²) in [7, 11) is 0. The fourth-order valence-electron chi connectivity index (χ4n) is 1.89. The molecule has 1 atom stereocenters. The lowest BCUT2D eigenvalue weighted by Gasteiger charge is -2.17. The Morgan fingerprint density at radius 2 is 2.06 bits per heavy atom. The van der Waals surface area contributed by atoms with Gasteiger partial charge in [0.2, 0.25) is 0 Å². The average Bonchev–Trinajstić information content (AvgIpc) is 2.34. The first-order valence-corrected chi connectivity index (χ1v) is 6.66. The highest BCUT2D eigenvalue weighted by Crippen LogP contribution is 2.25. The van der Waals surface area contributed by atoms with Crippen molar-refractivity contribution in [3.8, 4) is 5.75 Å². The molecular formula is C15H25NO. The topological polar surface area (TPSA) is 35.2 Å². The smallest absolute Gasteiger partial charge is 0.142 e. The van der Waals surface area contributed by atoms with Crippen LogP contribution in [0.2, 0.25) is 0 Å². The lowest BCUT2D eigenvalue weighted by molar-refractivity contribution is 0.234. The van der Waals surface area contributed by atoms with Gasteiger partial charge in [0.25, 0.3) is 0 Å². The molecule has 0 amide bonds. The first-order chi connectivity index (χ1) is 8.19. The SMILES string of the molecule is CCCCC(CC)COc1cccc(C)c1N. The quantitative estimate of drug-likeness (QED) is 0.720. The van der Waals surface area contributed by atoms with Crippen LogP contribution in [0.3, 0.4) is 0 Å². The number of nitrogens with two attached hydrogens (primary N) is 1. The minimum atomic E-state index is 0.648. The summed E-state index contributed by atoms with van der Waals surface area (Å²) < 4.78 is 5.84. The molecule has 1 aromatic carbocycles. The molecule has 0 aliphatic rings. The van der Waals surface area contributed by atoms with Gasteiger partial charge in [-0.1, -0.05) is 45.2 Å². The van der Waals surface area contributed by atoms with E-state index >= 15 is 0 Å². The van der Waals surface area contributed by atoms with E-state index in [0.717, 1.165) is 23.6 Å². The zero-order valence-corrected chi connectivity index (χ0v) is 11.3. The van der Waals surface area contributed by atoms with E-state index in [4.69, 9.17) is 10.5 Å². The van der Waals surface area contributed by atoms with Gasteiger partial charge in [-0.3, -0.25) is 0 Å². The number of hydrogen-bond donors (Lipinski definition) is 1. The first kappa shape index (κ1) is 13.9. The van der Waals surface area contributed by atoms with Crippen LogP contribution in [-0.2, 0) is 0 Å². The third kappa shape index (κ3) is 4.29. The van der Waals surface area contributed by atoms with Gasteiger partial charge < -0.3 is 10.5 Å². The Hall–Kier alpha value is -1.18. The van der Waals surface area contributed by atoms with Crippen molar-refractivity contribution in [1.82, 2.24) is 0 Å². The maximum Gasteiger partial charge on any atom is 0.142 e. The van der Waals surface area contributed by atoms with E-state index in [0.29, 0.717) is 5.92 Å². The van der Waals surface area contributed by atoms with E-state index in [2.05, 4.69) is 13.8 Å². The number of unbranched alkanes of at least 4 members (excludes halogenated alkanes) is 1. The van der Waals surface area contributed by atoms with E-state index in [-0.39, 0.29) is 0 Å². The van der Waals surface area contributed by atoms with Crippen molar-refractivity contribution < 1.29 is 4.74 Å². The summed E-state index contributed by atoms with van der Waals surface area (Å²) in [6.45, 7) is 7.25. The predicted molar refractivity (Wildman–Crippen MR) is 74.4 cm³/mol. The van der Waals surface area contributed by atoms with Crippen LogP contribution in [0.5, 0.6) is 5.75 Å². The molecule has 0 radical (unpaired) electrons. The molecule has 0 aliphatic heterocycles. The molecule has 1 rings (SSSR count). The largest absolute Gasteiger partial charge is 0.491 e. The summed E-state index contributed by atoms with van der Waals surface area (Å²) >= 11 is 0. The van der Waals surface area contributed by atoms with Crippen molar-refractivity contribution >= 4 is 5.69 Å². The number of hydrogen-bond acceptors (Lipinski definition) is 2. The molecule has 1 unspecified atom stereocenters. The van der Waals surface area contributed by atoms with Gasteiger partial charge in [-0.05, 0) is 30.9 Å². The molecule has 0 spiro atoms. The maximum atomic E-state index is 5.99. The van der Waals surface area contributed by atoms with E-state index in [1.165, 1.54) is 25.7 Å². The molecule has 96 valence electrons. The number of nitrogen functional groups attached to an aromatic ring is 1. The van der Waals surface area contributed by atoms with Gasteiger partial charge in [0.1, 0.15) is 5.75 Å². The summed E-state index contributed by atoms with van der Waals surface area (Å²) in [5.41, 5.74) is 7.85. The van der Waals surface area contributed by atoms with Crippen molar-refractivity contribution in [3.05, 3.63) is 23.8 Å². The molecule has 0 saturated carbocycles. The monoisotopic (exact) mass is 235 g/mol. The number of ether oxygens (including phenoxy) is 1. The Labute approximate surface area is 105 Å². The second kappa shape index (κ2) is 7.21. The zero-order valence-electron chi connectivity index (χ0n) is 11.3. The van der Waals surface area contributed by atoms with Crippen LogP contribution in [0, 0.1) is 12.8 Å². The van der Waals surface area contributed by atoms with Crippen LogP contribution in [0.4, 0.5) is 5.69 Å². The van der Waals surface area contributed by atoms with Crippen LogP contribution in [0.15, 0.2) is 18.2 Å². The highest BCUT2D eigenvalue weighted by Gasteiger charge is 2.08. The fourth-order valence-corrected chi connectivity index (χ4v) is 1.89. The molecule has 0 fully saturated rings.